The SMILES string of the molecule is C=C(CC(=CC)C(C)N(C(CC)CC(C)CC)C1CCC(C)CC1C)C1CCC1. The molecule has 0 radical (unpaired) electrons. The molecular weight excluding hydrogens is 350 g/mol. The molecule has 0 aromatic heterocycles. The lowest BCUT2D eigenvalue weighted by Gasteiger charge is -2.49. The minimum absolute atomic E-state index is 0.534. The molecule has 2 aliphatic rings. The summed E-state index contributed by atoms with van der Waals surface area (Å²) in [6, 6.07) is 1.97. The van der Waals surface area contributed by atoms with Crippen LogP contribution in [0.15, 0.2) is 23.8 Å². The van der Waals surface area contributed by atoms with E-state index in [0.717, 1.165) is 36.1 Å². The van der Waals surface area contributed by atoms with E-state index in [4.69, 9.17) is 0 Å². The van der Waals surface area contributed by atoms with E-state index in [2.05, 4.69) is 66.0 Å². The monoisotopic (exact) mass is 401 g/mol. The van der Waals surface area contributed by atoms with Gasteiger partial charge in [0.2, 0.25) is 0 Å². The largest absolute Gasteiger partial charge is 0.291 e. The van der Waals surface area contributed by atoms with Crippen LogP contribution in [0.2, 0.25) is 0 Å². The molecule has 0 heterocycles. The molecule has 1 nitrogen and oxygen atoms in total. The first-order chi connectivity index (χ1) is 13.8. The lowest BCUT2D eigenvalue weighted by Crippen LogP contribution is -2.53. The topological polar surface area (TPSA) is 3.24 Å². The summed E-state index contributed by atoms with van der Waals surface area (Å²) in [5, 5.41) is 0. The van der Waals surface area contributed by atoms with Crippen molar-refractivity contribution in [3.05, 3.63) is 23.8 Å². The molecule has 2 fully saturated rings. The summed E-state index contributed by atoms with van der Waals surface area (Å²) in [6.07, 6.45) is 15.8. The zero-order chi connectivity index (χ0) is 21.6. The molecule has 6 atom stereocenters. The highest BCUT2D eigenvalue weighted by Gasteiger charge is 2.37. The molecule has 0 aliphatic heterocycles. The van der Waals surface area contributed by atoms with Crippen molar-refractivity contribution in [2.24, 2.45) is 23.7 Å². The van der Waals surface area contributed by atoms with Crippen molar-refractivity contribution in [1.82, 2.24) is 4.90 Å². The van der Waals surface area contributed by atoms with Gasteiger partial charge in [-0.3, -0.25) is 4.90 Å². The van der Waals surface area contributed by atoms with Crippen LogP contribution in [0.1, 0.15) is 113 Å². The zero-order valence-corrected chi connectivity index (χ0v) is 20.8. The van der Waals surface area contributed by atoms with Crippen LogP contribution in [0.4, 0.5) is 0 Å². The van der Waals surface area contributed by atoms with Gasteiger partial charge in [-0.15, -0.1) is 0 Å². The second kappa shape index (κ2) is 11.7. The Morgan fingerprint density at radius 2 is 1.76 bits per heavy atom. The maximum atomic E-state index is 4.51. The fourth-order valence-corrected chi connectivity index (χ4v) is 6.00. The molecule has 2 aliphatic carbocycles. The van der Waals surface area contributed by atoms with E-state index in [1.165, 1.54) is 63.4 Å². The second-order valence-corrected chi connectivity index (χ2v) is 10.7. The maximum absolute atomic E-state index is 4.51. The Morgan fingerprint density at radius 3 is 2.24 bits per heavy atom. The molecular formula is C28H51N. The van der Waals surface area contributed by atoms with Gasteiger partial charge >= 0.3 is 0 Å². The normalized spacial score (nSPS) is 29.4. The van der Waals surface area contributed by atoms with E-state index in [1.807, 2.05) is 0 Å². The average Bonchev–Trinajstić information content (AvgIpc) is 2.65. The van der Waals surface area contributed by atoms with Gasteiger partial charge in [-0.2, -0.15) is 0 Å². The standard InChI is InChI=1S/C28H51N/c1-9-20(4)18-27(11-3)29(28-16-15-21(5)17-23(28)7)24(8)25(10-2)19-22(6)26-13-12-14-26/h10,20-21,23-24,26-28H,6,9,11-19H2,1-5,7-8H3. The van der Waals surface area contributed by atoms with E-state index in [0.29, 0.717) is 12.1 Å². The Bertz CT molecular complexity index is 528. The van der Waals surface area contributed by atoms with E-state index >= 15 is 0 Å². The van der Waals surface area contributed by atoms with Gasteiger partial charge in [-0.05, 0) is 88.9 Å². The molecule has 1 heteroatoms. The van der Waals surface area contributed by atoms with Crippen molar-refractivity contribution in [3.63, 3.8) is 0 Å². The van der Waals surface area contributed by atoms with Gasteiger partial charge in [-0.1, -0.05) is 71.3 Å². The lowest BCUT2D eigenvalue weighted by atomic mass is 9.75. The molecule has 0 spiro atoms. The number of nitrogens with zero attached hydrogens (tertiary/aromatic N) is 1. The summed E-state index contributed by atoms with van der Waals surface area (Å²) in [5.74, 6) is 3.31. The van der Waals surface area contributed by atoms with E-state index in [-0.39, 0.29) is 0 Å². The van der Waals surface area contributed by atoms with Gasteiger partial charge in [0.25, 0.3) is 0 Å². The van der Waals surface area contributed by atoms with Gasteiger partial charge in [0.1, 0.15) is 0 Å². The number of allylic oxidation sites excluding steroid dienone is 2. The molecule has 0 bridgehead atoms. The van der Waals surface area contributed by atoms with Crippen LogP contribution in [0.5, 0.6) is 0 Å². The lowest BCUT2D eigenvalue weighted by molar-refractivity contribution is 0.0238. The van der Waals surface area contributed by atoms with Gasteiger partial charge in [-0.25, -0.2) is 0 Å². The van der Waals surface area contributed by atoms with Crippen molar-refractivity contribution in [1.29, 1.82) is 0 Å². The Balaban J connectivity index is 2.24. The highest BCUT2D eigenvalue weighted by atomic mass is 15.2. The summed E-state index contributed by atoms with van der Waals surface area (Å²) in [4.78, 5) is 2.99. The van der Waals surface area contributed by atoms with Gasteiger partial charge < -0.3 is 0 Å². The minimum Gasteiger partial charge on any atom is -0.291 e. The molecule has 0 aromatic carbocycles. The van der Waals surface area contributed by atoms with Crippen LogP contribution in [-0.4, -0.2) is 23.0 Å². The van der Waals surface area contributed by atoms with Crippen molar-refractivity contribution < 1.29 is 0 Å². The average molecular weight is 402 g/mol. The number of rotatable bonds is 11. The molecule has 0 N–H and O–H groups in total. The highest BCUT2D eigenvalue weighted by Crippen LogP contribution is 2.39. The Kier molecular flexibility index (Phi) is 9.99. The third-order valence-corrected chi connectivity index (χ3v) is 8.50. The molecule has 2 saturated carbocycles. The molecule has 168 valence electrons. The summed E-state index contributed by atoms with van der Waals surface area (Å²) >= 11 is 0. The Morgan fingerprint density at radius 1 is 1.07 bits per heavy atom. The zero-order valence-electron chi connectivity index (χ0n) is 20.8. The maximum Gasteiger partial charge on any atom is 0.0288 e. The first-order valence-electron chi connectivity index (χ1n) is 12.9. The third-order valence-electron chi connectivity index (χ3n) is 8.50. The highest BCUT2D eigenvalue weighted by molar-refractivity contribution is 5.21. The third kappa shape index (κ3) is 6.46. The first kappa shape index (κ1) is 24.7. The smallest absolute Gasteiger partial charge is 0.0288 e. The molecule has 0 amide bonds. The fraction of sp³-hybridized carbons (Fsp3) is 0.857. The van der Waals surface area contributed by atoms with Crippen molar-refractivity contribution in [3.8, 4) is 0 Å². The molecule has 0 aromatic rings. The van der Waals surface area contributed by atoms with Crippen LogP contribution in [-0.2, 0) is 0 Å². The van der Waals surface area contributed by atoms with Gasteiger partial charge in [0, 0.05) is 18.1 Å². The predicted molar refractivity (Wildman–Crippen MR) is 130 cm³/mol. The summed E-state index contributed by atoms with van der Waals surface area (Å²) in [6.45, 7) is 21.5. The van der Waals surface area contributed by atoms with Crippen LogP contribution in [0.25, 0.3) is 0 Å². The predicted octanol–water partition coefficient (Wildman–Crippen LogP) is 8.41. The minimum atomic E-state index is 0.534. The number of hydrogen-bond acceptors (Lipinski definition) is 1. The fourth-order valence-electron chi connectivity index (χ4n) is 6.00. The molecule has 0 saturated heterocycles. The Labute approximate surface area is 183 Å². The van der Waals surface area contributed by atoms with E-state index in [1.54, 1.807) is 5.57 Å². The van der Waals surface area contributed by atoms with Crippen LogP contribution in [0, 0.1) is 23.7 Å². The second-order valence-electron chi connectivity index (χ2n) is 10.7. The summed E-state index contributed by atoms with van der Waals surface area (Å²) in [5.41, 5.74) is 3.12. The quantitative estimate of drug-likeness (QED) is 0.314. The number of hydrogen-bond donors (Lipinski definition) is 0. The van der Waals surface area contributed by atoms with Crippen LogP contribution in [0.3, 0.4) is 0 Å². The van der Waals surface area contributed by atoms with Gasteiger partial charge in [0.15, 0.2) is 0 Å². The van der Waals surface area contributed by atoms with Gasteiger partial charge in [0.05, 0.1) is 0 Å². The summed E-state index contributed by atoms with van der Waals surface area (Å²) in [7, 11) is 0. The van der Waals surface area contributed by atoms with E-state index in [9.17, 15) is 0 Å². The molecule has 6 unspecified atom stereocenters. The summed E-state index contributed by atoms with van der Waals surface area (Å²) < 4.78 is 0. The van der Waals surface area contributed by atoms with E-state index < -0.39 is 0 Å². The molecule has 2 rings (SSSR count). The van der Waals surface area contributed by atoms with Crippen molar-refractivity contribution in [2.45, 2.75) is 131 Å². The first-order valence-corrected chi connectivity index (χ1v) is 12.9. The van der Waals surface area contributed by atoms with Crippen LogP contribution < -0.4 is 0 Å². The van der Waals surface area contributed by atoms with Crippen molar-refractivity contribution >= 4 is 0 Å². The van der Waals surface area contributed by atoms with Crippen molar-refractivity contribution in [2.75, 3.05) is 0 Å². The Hall–Kier alpha value is -0.560. The van der Waals surface area contributed by atoms with Crippen LogP contribution >= 0.6 is 0 Å². The molecule has 29 heavy (non-hydrogen) atoms.